The smallest absolute Gasteiger partial charge is 0.264 e. The Hall–Kier alpha value is -4.31. The zero-order valence-corrected chi connectivity index (χ0v) is 20.9. The minimum absolute atomic E-state index is 0.0174. The fraction of sp³-hybridized carbons (Fsp3) is 0.111. The molecule has 1 heterocycles. The molecule has 0 saturated heterocycles. The van der Waals surface area contributed by atoms with E-state index in [2.05, 4.69) is 10.5 Å². The van der Waals surface area contributed by atoms with Crippen molar-refractivity contribution >= 4 is 27.8 Å². The number of benzene rings is 3. The lowest BCUT2D eigenvalue weighted by Gasteiger charge is -2.23. The Morgan fingerprint density at radius 1 is 0.973 bits per heavy atom. The number of amides is 1. The van der Waals surface area contributed by atoms with Crippen molar-refractivity contribution in [3.05, 3.63) is 114 Å². The molecule has 0 radical (unpaired) electrons. The van der Waals surface area contributed by atoms with E-state index in [-0.39, 0.29) is 16.4 Å². The van der Waals surface area contributed by atoms with Crippen molar-refractivity contribution in [3.8, 4) is 5.69 Å². The standard InChI is InChI=1S/C27H24F2N4O3S/c1-19-16-21(20(2)33(19)26-11-7-6-10-25(26)29)17-30-31-27(34)18-32(23-14-12-22(28)13-15-23)37(35,36)24-8-4-3-5-9-24/h3-17H,18H2,1-2H3,(H,31,34)/b30-17+. The van der Waals surface area contributed by atoms with Crippen LogP contribution in [0.4, 0.5) is 14.5 Å². The highest BCUT2D eigenvalue weighted by Crippen LogP contribution is 2.24. The number of carbonyl (C=O) groups excluding carboxylic acids is 1. The molecular formula is C27H24F2N4O3S. The molecule has 10 heteroatoms. The molecule has 0 aliphatic carbocycles. The Labute approximate surface area is 213 Å². The van der Waals surface area contributed by atoms with E-state index >= 15 is 0 Å². The van der Waals surface area contributed by atoms with Crippen molar-refractivity contribution in [2.75, 3.05) is 10.8 Å². The summed E-state index contributed by atoms with van der Waals surface area (Å²) >= 11 is 0. The lowest BCUT2D eigenvalue weighted by molar-refractivity contribution is -0.119. The second-order valence-electron chi connectivity index (χ2n) is 8.21. The summed E-state index contributed by atoms with van der Waals surface area (Å²) in [6.45, 7) is 3.03. The molecule has 0 spiro atoms. The molecule has 0 bridgehead atoms. The monoisotopic (exact) mass is 522 g/mol. The maximum absolute atomic E-state index is 14.3. The molecule has 1 N–H and O–H groups in total. The molecule has 1 amide bonds. The van der Waals surface area contributed by atoms with Gasteiger partial charge >= 0.3 is 0 Å². The third-order valence-electron chi connectivity index (χ3n) is 5.69. The first kappa shape index (κ1) is 25.8. The third kappa shape index (κ3) is 5.59. The fourth-order valence-corrected chi connectivity index (χ4v) is 5.35. The minimum atomic E-state index is -4.12. The van der Waals surface area contributed by atoms with Crippen molar-refractivity contribution < 1.29 is 22.0 Å². The lowest BCUT2D eigenvalue weighted by Crippen LogP contribution is -2.39. The molecule has 7 nitrogen and oxygen atoms in total. The Kier molecular flexibility index (Phi) is 7.49. The summed E-state index contributed by atoms with van der Waals surface area (Å²) in [5, 5.41) is 3.98. The van der Waals surface area contributed by atoms with E-state index in [0.717, 1.165) is 22.1 Å². The van der Waals surface area contributed by atoms with E-state index in [0.29, 0.717) is 16.9 Å². The average molecular weight is 523 g/mol. The average Bonchev–Trinajstić information content (AvgIpc) is 3.16. The molecule has 0 aliphatic heterocycles. The molecule has 0 atom stereocenters. The van der Waals surface area contributed by atoms with Crippen LogP contribution in [0.3, 0.4) is 0 Å². The number of hydrogen-bond acceptors (Lipinski definition) is 4. The van der Waals surface area contributed by atoms with Gasteiger partial charge in [-0.3, -0.25) is 9.10 Å². The van der Waals surface area contributed by atoms with Gasteiger partial charge in [-0.05, 0) is 68.4 Å². The quantitative estimate of drug-likeness (QED) is 0.269. The molecule has 190 valence electrons. The van der Waals surface area contributed by atoms with Gasteiger partial charge in [0.1, 0.15) is 18.2 Å². The predicted molar refractivity (Wildman–Crippen MR) is 138 cm³/mol. The Bertz CT molecular complexity index is 1550. The van der Waals surface area contributed by atoms with Gasteiger partial charge in [0.05, 0.1) is 22.5 Å². The summed E-state index contributed by atoms with van der Waals surface area (Å²) in [5.41, 5.74) is 4.98. The van der Waals surface area contributed by atoms with Crippen LogP contribution in [0.15, 0.2) is 94.9 Å². The number of hydrazone groups is 1. The number of aromatic nitrogens is 1. The van der Waals surface area contributed by atoms with Crippen molar-refractivity contribution in [3.63, 3.8) is 0 Å². The fourth-order valence-electron chi connectivity index (χ4n) is 3.90. The zero-order valence-electron chi connectivity index (χ0n) is 20.1. The van der Waals surface area contributed by atoms with Crippen molar-refractivity contribution in [1.82, 2.24) is 9.99 Å². The van der Waals surface area contributed by atoms with Crippen LogP contribution in [0, 0.1) is 25.5 Å². The second kappa shape index (κ2) is 10.8. The molecule has 1 aromatic heterocycles. The van der Waals surface area contributed by atoms with Crippen LogP contribution in [-0.4, -0.2) is 31.7 Å². The topological polar surface area (TPSA) is 83.8 Å². The van der Waals surface area contributed by atoms with E-state index in [1.54, 1.807) is 54.0 Å². The molecule has 0 fully saturated rings. The highest BCUT2D eigenvalue weighted by molar-refractivity contribution is 7.92. The molecule has 4 rings (SSSR count). The number of rotatable bonds is 8. The number of aryl methyl sites for hydroxylation is 1. The van der Waals surface area contributed by atoms with Crippen LogP contribution in [0.2, 0.25) is 0 Å². The van der Waals surface area contributed by atoms with Gasteiger partial charge < -0.3 is 4.57 Å². The predicted octanol–water partition coefficient (Wildman–Crippen LogP) is 4.72. The van der Waals surface area contributed by atoms with E-state index < -0.39 is 28.3 Å². The Morgan fingerprint density at radius 2 is 1.62 bits per heavy atom. The maximum Gasteiger partial charge on any atom is 0.264 e. The molecule has 0 unspecified atom stereocenters. The highest BCUT2D eigenvalue weighted by atomic mass is 32.2. The molecule has 37 heavy (non-hydrogen) atoms. The normalized spacial score (nSPS) is 11.6. The van der Waals surface area contributed by atoms with Crippen LogP contribution in [0.5, 0.6) is 0 Å². The lowest BCUT2D eigenvalue weighted by atomic mass is 10.2. The molecule has 0 aliphatic rings. The van der Waals surface area contributed by atoms with Gasteiger partial charge in [0.15, 0.2) is 0 Å². The second-order valence-corrected chi connectivity index (χ2v) is 10.1. The maximum atomic E-state index is 14.3. The van der Waals surface area contributed by atoms with Crippen molar-refractivity contribution in [1.29, 1.82) is 0 Å². The van der Waals surface area contributed by atoms with Crippen LogP contribution in [-0.2, 0) is 14.8 Å². The van der Waals surface area contributed by atoms with Gasteiger partial charge in [-0.2, -0.15) is 5.10 Å². The molecule has 0 saturated carbocycles. The van der Waals surface area contributed by atoms with E-state index in [9.17, 15) is 22.0 Å². The summed E-state index contributed by atoms with van der Waals surface area (Å²) in [5.74, 6) is -1.62. The molecular weight excluding hydrogens is 498 g/mol. The Balaban J connectivity index is 1.55. The SMILES string of the molecule is Cc1cc(/C=N/NC(=O)CN(c2ccc(F)cc2)S(=O)(=O)c2ccccc2)c(C)n1-c1ccccc1F. The van der Waals surface area contributed by atoms with Crippen molar-refractivity contribution in [2.24, 2.45) is 5.10 Å². The summed E-state index contributed by atoms with van der Waals surface area (Å²) < 4.78 is 57.0. The highest BCUT2D eigenvalue weighted by Gasteiger charge is 2.27. The van der Waals surface area contributed by atoms with E-state index in [4.69, 9.17) is 0 Å². The third-order valence-corrected chi connectivity index (χ3v) is 7.48. The number of nitrogens with one attached hydrogen (secondary N) is 1. The first-order chi connectivity index (χ1) is 17.7. The Morgan fingerprint density at radius 3 is 2.30 bits per heavy atom. The van der Waals surface area contributed by atoms with E-state index in [1.165, 1.54) is 36.5 Å². The number of halogens is 2. The summed E-state index contributed by atoms with van der Waals surface area (Å²) in [7, 11) is -4.12. The van der Waals surface area contributed by atoms with Crippen LogP contribution >= 0.6 is 0 Å². The number of para-hydroxylation sites is 1. The summed E-state index contributed by atoms with van der Waals surface area (Å²) in [6.07, 6.45) is 1.41. The van der Waals surface area contributed by atoms with Gasteiger partial charge in [0, 0.05) is 17.0 Å². The van der Waals surface area contributed by atoms with Crippen molar-refractivity contribution in [2.45, 2.75) is 18.7 Å². The van der Waals surface area contributed by atoms with Crippen LogP contribution in [0.25, 0.3) is 5.69 Å². The van der Waals surface area contributed by atoms with Gasteiger partial charge in [-0.25, -0.2) is 22.6 Å². The van der Waals surface area contributed by atoms with Gasteiger partial charge in [0.2, 0.25) is 0 Å². The molecule has 4 aromatic rings. The van der Waals surface area contributed by atoms with Crippen LogP contribution < -0.4 is 9.73 Å². The largest absolute Gasteiger partial charge is 0.315 e. The van der Waals surface area contributed by atoms with Crippen LogP contribution in [0.1, 0.15) is 17.0 Å². The van der Waals surface area contributed by atoms with Gasteiger partial charge in [-0.15, -0.1) is 0 Å². The number of hydrogen-bond donors (Lipinski definition) is 1. The van der Waals surface area contributed by atoms with Gasteiger partial charge in [0.25, 0.3) is 15.9 Å². The zero-order chi connectivity index (χ0) is 26.6. The number of carbonyl (C=O) groups is 1. The molecule has 3 aromatic carbocycles. The minimum Gasteiger partial charge on any atom is -0.315 e. The summed E-state index contributed by atoms with van der Waals surface area (Å²) in [4.78, 5) is 12.7. The number of nitrogens with zero attached hydrogens (tertiary/aromatic N) is 3. The summed E-state index contributed by atoms with van der Waals surface area (Å²) in [6, 6.07) is 20.6. The van der Waals surface area contributed by atoms with E-state index in [1.807, 2.05) is 6.92 Å². The number of sulfonamides is 1. The number of anilines is 1. The van der Waals surface area contributed by atoms with Gasteiger partial charge in [-0.1, -0.05) is 30.3 Å². The first-order valence-electron chi connectivity index (χ1n) is 11.3. The first-order valence-corrected chi connectivity index (χ1v) is 12.7.